The quantitative estimate of drug-likeness (QED) is 0.751. The number of nitrogens with zero attached hydrogens (tertiary/aromatic N) is 2. The molecule has 0 unspecified atom stereocenters. The average Bonchev–Trinajstić information content (AvgIpc) is 2.55. The van der Waals surface area contributed by atoms with E-state index in [1.54, 1.807) is 49.6 Å². The highest BCUT2D eigenvalue weighted by Crippen LogP contribution is 2.29. The number of carbonyl (C=O) groups excluding carboxylic acids is 1. The number of fused-ring (bicyclic) bond motifs is 1. The predicted molar refractivity (Wildman–Crippen MR) is 85.5 cm³/mol. The first-order chi connectivity index (χ1) is 10.7. The van der Waals surface area contributed by atoms with Crippen LogP contribution in [0.25, 0.3) is 10.9 Å². The molecule has 110 valence electrons. The van der Waals surface area contributed by atoms with E-state index in [-0.39, 0.29) is 11.2 Å². The summed E-state index contributed by atoms with van der Waals surface area (Å²) < 4.78 is 5.27. The minimum atomic E-state index is -0.264. The van der Waals surface area contributed by atoms with E-state index in [0.717, 1.165) is 0 Å². The Morgan fingerprint density at radius 3 is 2.59 bits per heavy atom. The number of hydrogen-bond acceptors (Lipinski definition) is 4. The molecule has 2 aromatic carbocycles. The van der Waals surface area contributed by atoms with Gasteiger partial charge in [0.1, 0.15) is 17.1 Å². The van der Waals surface area contributed by atoms with E-state index < -0.39 is 0 Å². The number of aromatic nitrogens is 2. The molecule has 1 N–H and O–H groups in total. The number of ether oxygens (including phenoxy) is 1. The highest BCUT2D eigenvalue weighted by atomic mass is 35.5. The summed E-state index contributed by atoms with van der Waals surface area (Å²) in [6.45, 7) is 0. The maximum atomic E-state index is 12.3. The Balaban J connectivity index is 2.06. The minimum absolute atomic E-state index is 0.0420. The average molecular weight is 314 g/mol. The Kier molecular flexibility index (Phi) is 3.89. The molecule has 0 fully saturated rings. The molecule has 1 amide bonds. The third-order valence-corrected chi connectivity index (χ3v) is 3.32. The molecule has 0 radical (unpaired) electrons. The van der Waals surface area contributed by atoms with Gasteiger partial charge in [-0.2, -0.15) is 4.98 Å². The second-order valence-electron chi connectivity index (χ2n) is 4.52. The number of nitrogens with one attached hydrogen (secondary N) is 1. The summed E-state index contributed by atoms with van der Waals surface area (Å²) in [5.74, 6) is 0.652. The molecule has 22 heavy (non-hydrogen) atoms. The monoisotopic (exact) mass is 313 g/mol. The van der Waals surface area contributed by atoms with Crippen LogP contribution in [0.5, 0.6) is 5.75 Å². The van der Waals surface area contributed by atoms with Crippen LogP contribution in [-0.2, 0) is 0 Å². The van der Waals surface area contributed by atoms with Crippen LogP contribution in [0.2, 0.25) is 5.28 Å². The van der Waals surface area contributed by atoms with Crippen LogP contribution in [0.15, 0.2) is 48.5 Å². The van der Waals surface area contributed by atoms with E-state index in [1.807, 2.05) is 6.07 Å². The van der Waals surface area contributed by atoms with Crippen molar-refractivity contribution in [1.82, 2.24) is 9.97 Å². The molecule has 3 aromatic rings. The van der Waals surface area contributed by atoms with Crippen molar-refractivity contribution < 1.29 is 9.53 Å². The molecule has 3 rings (SSSR count). The lowest BCUT2D eigenvalue weighted by molar-refractivity contribution is 0.102. The van der Waals surface area contributed by atoms with E-state index in [1.165, 1.54) is 0 Å². The van der Waals surface area contributed by atoms with Crippen LogP contribution >= 0.6 is 11.6 Å². The zero-order valence-corrected chi connectivity index (χ0v) is 12.5. The zero-order valence-electron chi connectivity index (χ0n) is 11.7. The van der Waals surface area contributed by atoms with E-state index in [0.29, 0.717) is 28.0 Å². The maximum Gasteiger partial charge on any atom is 0.256 e. The zero-order chi connectivity index (χ0) is 15.5. The fraction of sp³-hybridized carbons (Fsp3) is 0.0625. The standard InChI is InChI=1S/C16H12ClN3O2/c1-22-12-9-5-8-11-13(12)18-16(17)20-14(11)19-15(21)10-6-3-2-4-7-10/h2-9H,1H3,(H,18,19,20,21). The van der Waals surface area contributed by atoms with Crippen molar-refractivity contribution in [3.8, 4) is 5.75 Å². The van der Waals surface area contributed by atoms with Gasteiger partial charge >= 0.3 is 0 Å². The topological polar surface area (TPSA) is 64.1 Å². The van der Waals surface area contributed by atoms with Crippen LogP contribution in [0.1, 0.15) is 10.4 Å². The first-order valence-electron chi connectivity index (χ1n) is 6.55. The number of hydrogen-bond donors (Lipinski definition) is 1. The lowest BCUT2D eigenvalue weighted by Crippen LogP contribution is -2.13. The van der Waals surface area contributed by atoms with Crippen molar-refractivity contribution in [2.75, 3.05) is 12.4 Å². The Labute approximate surface area is 131 Å². The van der Waals surface area contributed by atoms with Gasteiger partial charge in [-0.05, 0) is 35.9 Å². The third kappa shape index (κ3) is 2.71. The van der Waals surface area contributed by atoms with Crippen molar-refractivity contribution in [2.24, 2.45) is 0 Å². The number of rotatable bonds is 3. The molecular formula is C16H12ClN3O2. The number of carbonyl (C=O) groups is 1. The molecule has 0 spiro atoms. The van der Waals surface area contributed by atoms with E-state index in [4.69, 9.17) is 16.3 Å². The summed E-state index contributed by atoms with van der Waals surface area (Å²) in [6.07, 6.45) is 0. The number of para-hydroxylation sites is 1. The molecule has 0 aliphatic heterocycles. The largest absolute Gasteiger partial charge is 0.494 e. The van der Waals surface area contributed by atoms with Crippen LogP contribution in [0, 0.1) is 0 Å². The molecule has 6 heteroatoms. The summed E-state index contributed by atoms with van der Waals surface area (Å²) in [4.78, 5) is 20.6. The van der Waals surface area contributed by atoms with Crippen molar-refractivity contribution >= 4 is 34.2 Å². The lowest BCUT2D eigenvalue weighted by Gasteiger charge is -2.10. The SMILES string of the molecule is COc1cccc2c(NC(=O)c3ccccc3)nc(Cl)nc12. The van der Waals surface area contributed by atoms with Crippen LogP contribution in [0.4, 0.5) is 5.82 Å². The third-order valence-electron chi connectivity index (χ3n) is 3.15. The van der Waals surface area contributed by atoms with Gasteiger partial charge in [-0.25, -0.2) is 4.98 Å². The van der Waals surface area contributed by atoms with Crippen LogP contribution in [0.3, 0.4) is 0 Å². The Bertz CT molecular complexity index is 837. The normalized spacial score (nSPS) is 10.5. The van der Waals surface area contributed by atoms with Gasteiger partial charge in [-0.1, -0.05) is 24.3 Å². The van der Waals surface area contributed by atoms with Gasteiger partial charge in [0.2, 0.25) is 5.28 Å². The van der Waals surface area contributed by atoms with E-state index in [2.05, 4.69) is 15.3 Å². The Morgan fingerprint density at radius 2 is 1.86 bits per heavy atom. The van der Waals surface area contributed by atoms with Gasteiger partial charge in [-0.15, -0.1) is 0 Å². The summed E-state index contributed by atoms with van der Waals surface area (Å²) in [5, 5.41) is 3.47. The van der Waals surface area contributed by atoms with Crippen LogP contribution < -0.4 is 10.1 Å². The molecule has 0 aliphatic rings. The second kappa shape index (κ2) is 5.99. The number of anilines is 1. The molecule has 5 nitrogen and oxygen atoms in total. The first kappa shape index (κ1) is 14.3. The molecule has 0 saturated heterocycles. The van der Waals surface area contributed by atoms with Crippen molar-refractivity contribution in [2.45, 2.75) is 0 Å². The molecule has 1 aromatic heterocycles. The summed E-state index contributed by atoms with van der Waals surface area (Å²) in [5.41, 5.74) is 1.08. The van der Waals surface area contributed by atoms with Gasteiger partial charge in [0.15, 0.2) is 0 Å². The van der Waals surface area contributed by atoms with Crippen LogP contribution in [-0.4, -0.2) is 23.0 Å². The summed E-state index contributed by atoms with van der Waals surface area (Å²) in [6, 6.07) is 14.3. The predicted octanol–water partition coefficient (Wildman–Crippen LogP) is 3.54. The smallest absolute Gasteiger partial charge is 0.256 e. The number of amides is 1. The fourth-order valence-corrected chi connectivity index (χ4v) is 2.30. The molecule has 0 atom stereocenters. The van der Waals surface area contributed by atoms with Crippen molar-refractivity contribution in [3.05, 3.63) is 59.4 Å². The Morgan fingerprint density at radius 1 is 1.09 bits per heavy atom. The number of halogens is 1. The molecule has 0 aliphatic carbocycles. The number of methoxy groups -OCH3 is 1. The van der Waals surface area contributed by atoms with Gasteiger partial charge in [0.05, 0.1) is 7.11 Å². The van der Waals surface area contributed by atoms with Gasteiger partial charge in [0, 0.05) is 10.9 Å². The summed E-state index contributed by atoms with van der Waals surface area (Å²) >= 11 is 5.95. The molecular weight excluding hydrogens is 302 g/mol. The summed E-state index contributed by atoms with van der Waals surface area (Å²) in [7, 11) is 1.55. The van der Waals surface area contributed by atoms with Gasteiger partial charge in [0.25, 0.3) is 5.91 Å². The molecule has 0 saturated carbocycles. The fourth-order valence-electron chi connectivity index (χ4n) is 2.13. The Hall–Kier alpha value is -2.66. The highest BCUT2D eigenvalue weighted by molar-refractivity contribution is 6.29. The van der Waals surface area contributed by atoms with E-state index in [9.17, 15) is 4.79 Å². The lowest BCUT2D eigenvalue weighted by atomic mass is 10.2. The second-order valence-corrected chi connectivity index (χ2v) is 4.86. The van der Waals surface area contributed by atoms with Crippen molar-refractivity contribution in [1.29, 1.82) is 0 Å². The van der Waals surface area contributed by atoms with Gasteiger partial charge in [-0.3, -0.25) is 4.79 Å². The number of benzene rings is 2. The van der Waals surface area contributed by atoms with Gasteiger partial charge < -0.3 is 10.1 Å². The first-order valence-corrected chi connectivity index (χ1v) is 6.93. The van der Waals surface area contributed by atoms with E-state index >= 15 is 0 Å². The molecule has 0 bridgehead atoms. The highest BCUT2D eigenvalue weighted by Gasteiger charge is 2.13. The van der Waals surface area contributed by atoms with Crippen molar-refractivity contribution in [3.63, 3.8) is 0 Å². The maximum absolute atomic E-state index is 12.3. The molecule has 1 heterocycles. The minimum Gasteiger partial charge on any atom is -0.494 e.